The Morgan fingerprint density at radius 1 is 1.18 bits per heavy atom. The van der Waals surface area contributed by atoms with E-state index in [-0.39, 0.29) is 23.3 Å². The van der Waals surface area contributed by atoms with Crippen LogP contribution in [-0.2, 0) is 6.42 Å². The van der Waals surface area contributed by atoms with E-state index in [1.807, 2.05) is 32.0 Å². The van der Waals surface area contributed by atoms with Gasteiger partial charge in [-0.15, -0.1) is 0 Å². The van der Waals surface area contributed by atoms with Gasteiger partial charge in [-0.3, -0.25) is 4.79 Å². The van der Waals surface area contributed by atoms with Gasteiger partial charge in [0.1, 0.15) is 0 Å². The van der Waals surface area contributed by atoms with Crippen molar-refractivity contribution in [1.29, 1.82) is 0 Å². The number of hydrogen-bond donors (Lipinski definition) is 3. The summed E-state index contributed by atoms with van der Waals surface area (Å²) in [6.45, 7) is 4.39. The molecule has 28 heavy (non-hydrogen) atoms. The number of benzene rings is 2. The van der Waals surface area contributed by atoms with E-state index < -0.39 is 0 Å². The Morgan fingerprint density at radius 2 is 1.93 bits per heavy atom. The molecule has 0 spiro atoms. The summed E-state index contributed by atoms with van der Waals surface area (Å²) in [7, 11) is 0. The number of carbonyl (C=O) groups excluding carboxylic acids is 1. The first-order valence-corrected chi connectivity index (χ1v) is 9.38. The Hall–Kier alpha value is -2.99. The molecule has 0 atom stereocenters. The van der Waals surface area contributed by atoms with Crippen molar-refractivity contribution in [3.05, 3.63) is 70.5 Å². The number of aromatic hydroxyl groups is 2. The third-order valence-electron chi connectivity index (χ3n) is 4.42. The van der Waals surface area contributed by atoms with Crippen LogP contribution in [0, 0.1) is 0 Å². The largest absolute Gasteiger partial charge is 0.504 e. The van der Waals surface area contributed by atoms with E-state index >= 15 is 0 Å². The molecular formula is C21H22ClN3O3. The smallest absolute Gasteiger partial charge is 0.254 e. The number of nitrogens with zero attached hydrogens (tertiary/aromatic N) is 2. The number of para-hydroxylation sites is 1. The van der Waals surface area contributed by atoms with Crippen LogP contribution in [0.1, 0.15) is 41.4 Å². The van der Waals surface area contributed by atoms with Crippen LogP contribution in [0.2, 0.25) is 5.02 Å². The summed E-state index contributed by atoms with van der Waals surface area (Å²) in [5.74, 6) is -0.494. The van der Waals surface area contributed by atoms with Crippen LogP contribution in [0.15, 0.2) is 48.7 Å². The molecule has 0 saturated heterocycles. The van der Waals surface area contributed by atoms with Gasteiger partial charge >= 0.3 is 0 Å². The Bertz CT molecular complexity index is 998. The Balaban J connectivity index is 1.76. The number of halogens is 1. The third-order valence-corrected chi connectivity index (χ3v) is 4.74. The predicted molar refractivity (Wildman–Crippen MR) is 108 cm³/mol. The highest BCUT2D eigenvalue weighted by atomic mass is 35.5. The zero-order chi connectivity index (χ0) is 20.3. The molecule has 146 valence electrons. The number of nitrogens with one attached hydrogen (secondary N) is 1. The molecule has 0 aliphatic heterocycles. The van der Waals surface area contributed by atoms with E-state index in [1.54, 1.807) is 23.0 Å². The van der Waals surface area contributed by atoms with Crippen molar-refractivity contribution >= 4 is 17.5 Å². The van der Waals surface area contributed by atoms with Crippen LogP contribution < -0.4 is 5.32 Å². The standard InChI is InChI=1S/C21H22ClN3O3/c1-13(2)20-15(12-24-25(20)17-6-4-3-5-16(17)22)21(28)23-10-9-14-7-8-18(26)19(27)11-14/h3-8,11-13,26-27H,9-10H2,1-2H3,(H,23,28). The molecule has 0 unspecified atom stereocenters. The lowest BCUT2D eigenvalue weighted by Gasteiger charge is -2.14. The Morgan fingerprint density at radius 3 is 2.61 bits per heavy atom. The number of hydrogen-bond acceptors (Lipinski definition) is 4. The third kappa shape index (κ3) is 4.12. The Labute approximate surface area is 168 Å². The Kier molecular flexibility index (Phi) is 5.90. The molecule has 3 aromatic rings. The summed E-state index contributed by atoms with van der Waals surface area (Å²) >= 11 is 6.30. The average Bonchev–Trinajstić information content (AvgIpc) is 3.10. The van der Waals surface area contributed by atoms with Crippen LogP contribution in [0.5, 0.6) is 11.5 Å². The van der Waals surface area contributed by atoms with Gasteiger partial charge in [-0.05, 0) is 42.2 Å². The van der Waals surface area contributed by atoms with E-state index in [2.05, 4.69) is 10.4 Å². The molecule has 3 rings (SSSR count). The molecule has 1 aromatic heterocycles. The lowest BCUT2D eigenvalue weighted by atomic mass is 10.0. The quantitative estimate of drug-likeness (QED) is 0.546. The molecule has 1 heterocycles. The van der Waals surface area contributed by atoms with Crippen LogP contribution >= 0.6 is 11.6 Å². The average molecular weight is 400 g/mol. The fraction of sp³-hybridized carbons (Fsp3) is 0.238. The molecule has 7 heteroatoms. The van der Waals surface area contributed by atoms with Gasteiger partial charge in [-0.25, -0.2) is 4.68 Å². The topological polar surface area (TPSA) is 87.4 Å². The van der Waals surface area contributed by atoms with Gasteiger partial charge in [0.15, 0.2) is 11.5 Å². The van der Waals surface area contributed by atoms with Gasteiger partial charge in [0.25, 0.3) is 5.91 Å². The minimum absolute atomic E-state index is 0.0635. The van der Waals surface area contributed by atoms with Crippen LogP contribution in [0.4, 0.5) is 0 Å². The fourth-order valence-corrected chi connectivity index (χ4v) is 3.26. The number of carbonyl (C=O) groups is 1. The number of phenolic OH excluding ortho intramolecular Hbond substituents is 2. The van der Waals surface area contributed by atoms with Gasteiger partial charge in [0.05, 0.1) is 28.2 Å². The maximum Gasteiger partial charge on any atom is 0.254 e. The SMILES string of the molecule is CC(C)c1c(C(=O)NCCc2ccc(O)c(O)c2)cnn1-c1ccccc1Cl. The number of aromatic nitrogens is 2. The lowest BCUT2D eigenvalue weighted by Crippen LogP contribution is -2.26. The van der Waals surface area contributed by atoms with Crippen molar-refractivity contribution < 1.29 is 15.0 Å². The van der Waals surface area contributed by atoms with Crippen LogP contribution in [0.3, 0.4) is 0 Å². The van der Waals surface area contributed by atoms with Gasteiger partial charge in [-0.1, -0.05) is 43.6 Å². The molecule has 2 aromatic carbocycles. The van der Waals surface area contributed by atoms with Crippen molar-refractivity contribution in [1.82, 2.24) is 15.1 Å². The fourth-order valence-electron chi connectivity index (χ4n) is 3.04. The highest BCUT2D eigenvalue weighted by Crippen LogP contribution is 2.27. The highest BCUT2D eigenvalue weighted by Gasteiger charge is 2.21. The highest BCUT2D eigenvalue weighted by molar-refractivity contribution is 6.32. The van der Waals surface area contributed by atoms with Crippen LogP contribution in [0.25, 0.3) is 5.69 Å². The minimum atomic E-state index is -0.218. The zero-order valence-corrected chi connectivity index (χ0v) is 16.4. The van der Waals surface area contributed by atoms with Crippen molar-refractivity contribution in [2.24, 2.45) is 0 Å². The second-order valence-electron chi connectivity index (χ2n) is 6.79. The lowest BCUT2D eigenvalue weighted by molar-refractivity contribution is 0.0952. The number of rotatable bonds is 6. The molecule has 3 N–H and O–H groups in total. The number of phenols is 2. The van der Waals surface area contributed by atoms with Gasteiger partial charge in [-0.2, -0.15) is 5.10 Å². The van der Waals surface area contributed by atoms with Gasteiger partial charge in [0, 0.05) is 6.54 Å². The van der Waals surface area contributed by atoms with E-state index in [9.17, 15) is 15.0 Å². The monoisotopic (exact) mass is 399 g/mol. The zero-order valence-electron chi connectivity index (χ0n) is 15.7. The maximum atomic E-state index is 12.7. The normalized spacial score (nSPS) is 11.0. The van der Waals surface area contributed by atoms with Crippen molar-refractivity contribution in [2.75, 3.05) is 6.54 Å². The first kappa shape index (κ1) is 19.8. The summed E-state index contributed by atoms with van der Waals surface area (Å²) < 4.78 is 1.71. The second-order valence-corrected chi connectivity index (χ2v) is 7.20. The summed E-state index contributed by atoms with van der Waals surface area (Å²) in [5.41, 5.74) is 2.83. The van der Waals surface area contributed by atoms with E-state index in [0.717, 1.165) is 16.9 Å². The molecule has 0 radical (unpaired) electrons. The summed E-state index contributed by atoms with van der Waals surface area (Å²) in [6.07, 6.45) is 2.08. The van der Waals surface area contributed by atoms with Gasteiger partial charge in [0.2, 0.25) is 0 Å². The second kappa shape index (κ2) is 8.35. The van der Waals surface area contributed by atoms with Crippen LogP contribution in [-0.4, -0.2) is 32.4 Å². The van der Waals surface area contributed by atoms with Gasteiger partial charge < -0.3 is 15.5 Å². The van der Waals surface area contributed by atoms with Crippen molar-refractivity contribution in [2.45, 2.75) is 26.2 Å². The van der Waals surface area contributed by atoms with E-state index in [1.165, 1.54) is 12.1 Å². The summed E-state index contributed by atoms with van der Waals surface area (Å²) in [6, 6.07) is 12.0. The molecule has 1 amide bonds. The predicted octanol–water partition coefficient (Wildman–Crippen LogP) is 4.03. The number of amides is 1. The van der Waals surface area contributed by atoms with Crippen molar-refractivity contribution in [3.8, 4) is 17.2 Å². The maximum absolute atomic E-state index is 12.7. The summed E-state index contributed by atoms with van der Waals surface area (Å²) in [5, 5.41) is 26.8. The molecule has 0 fully saturated rings. The summed E-state index contributed by atoms with van der Waals surface area (Å²) in [4.78, 5) is 12.7. The van der Waals surface area contributed by atoms with E-state index in [4.69, 9.17) is 11.6 Å². The molecule has 6 nitrogen and oxygen atoms in total. The molecule has 0 aliphatic carbocycles. The van der Waals surface area contributed by atoms with E-state index in [0.29, 0.717) is 23.6 Å². The van der Waals surface area contributed by atoms with Crippen molar-refractivity contribution in [3.63, 3.8) is 0 Å². The molecular weight excluding hydrogens is 378 g/mol. The first-order valence-electron chi connectivity index (χ1n) is 9.00. The first-order chi connectivity index (χ1) is 13.4. The molecule has 0 aliphatic rings. The molecule has 0 saturated carbocycles. The molecule has 0 bridgehead atoms. The minimum Gasteiger partial charge on any atom is -0.504 e.